The van der Waals surface area contributed by atoms with Gasteiger partial charge in [-0.15, -0.1) is 0 Å². The molecule has 0 bridgehead atoms. The summed E-state index contributed by atoms with van der Waals surface area (Å²) < 4.78 is 32.5. The number of hydrogen-bond acceptors (Lipinski definition) is 6. The van der Waals surface area contributed by atoms with Crippen LogP contribution in [-0.2, 0) is 23.0 Å². The van der Waals surface area contributed by atoms with E-state index < -0.39 is 10.0 Å². The van der Waals surface area contributed by atoms with Crippen molar-refractivity contribution in [3.63, 3.8) is 0 Å². The summed E-state index contributed by atoms with van der Waals surface area (Å²) in [5.74, 6) is 0.207. The number of nitrogens with zero attached hydrogens (tertiary/aromatic N) is 4. The third-order valence-corrected chi connectivity index (χ3v) is 8.85. The van der Waals surface area contributed by atoms with Gasteiger partial charge < -0.3 is 14.3 Å². The minimum atomic E-state index is -3.70. The average Bonchev–Trinajstić information content (AvgIpc) is 3.22. The molecule has 2 aliphatic heterocycles. The number of rotatable bonds is 4. The lowest BCUT2D eigenvalue weighted by molar-refractivity contribution is 0.0698. The van der Waals surface area contributed by atoms with Crippen molar-refractivity contribution in [2.45, 2.75) is 31.7 Å². The molecule has 0 saturated carbocycles. The van der Waals surface area contributed by atoms with Crippen LogP contribution in [0.2, 0.25) is 0 Å². The van der Waals surface area contributed by atoms with Gasteiger partial charge in [-0.25, -0.2) is 8.42 Å². The Bertz CT molecular complexity index is 1290. The first-order chi connectivity index (χ1) is 16.3. The van der Waals surface area contributed by atoms with Crippen molar-refractivity contribution >= 4 is 21.6 Å². The zero-order chi connectivity index (χ0) is 23.9. The lowest BCUT2D eigenvalue weighted by atomic mass is 9.99. The lowest BCUT2D eigenvalue weighted by Crippen LogP contribution is -2.50. The highest BCUT2D eigenvalue weighted by Gasteiger charge is 2.34. The number of sulfonamides is 1. The van der Waals surface area contributed by atoms with Crippen LogP contribution in [-0.4, -0.2) is 61.4 Å². The standard InChI is InChI=1S/C25H28N4O4S/c1-18-24(19(2)33-26-18)34(31,32)29-15-13-27(14-16-29)25(30)21-7-9-23(10-8-21)28-12-11-20-5-3-4-6-22(20)17-28/h3-10H,11-17H2,1-2H3. The van der Waals surface area contributed by atoms with Crippen molar-refractivity contribution in [3.8, 4) is 0 Å². The first-order valence-electron chi connectivity index (χ1n) is 11.5. The number of aromatic nitrogens is 1. The highest BCUT2D eigenvalue weighted by Crippen LogP contribution is 2.26. The number of anilines is 1. The zero-order valence-corrected chi connectivity index (χ0v) is 20.2. The van der Waals surface area contributed by atoms with Crippen LogP contribution in [0.5, 0.6) is 0 Å². The first kappa shape index (κ1) is 22.6. The molecule has 1 fully saturated rings. The van der Waals surface area contributed by atoms with Gasteiger partial charge in [0.1, 0.15) is 10.6 Å². The first-order valence-corrected chi connectivity index (χ1v) is 12.9. The van der Waals surface area contributed by atoms with Crippen molar-refractivity contribution in [2.24, 2.45) is 0 Å². The predicted octanol–water partition coefficient (Wildman–Crippen LogP) is 3.00. The van der Waals surface area contributed by atoms with E-state index in [1.165, 1.54) is 15.4 Å². The second-order valence-corrected chi connectivity index (χ2v) is 10.7. The molecular formula is C25H28N4O4S. The van der Waals surface area contributed by atoms with Crippen LogP contribution in [0.15, 0.2) is 57.9 Å². The Morgan fingerprint density at radius 3 is 2.24 bits per heavy atom. The predicted molar refractivity (Wildman–Crippen MR) is 128 cm³/mol. The SMILES string of the molecule is Cc1noc(C)c1S(=O)(=O)N1CCN(C(=O)c2ccc(N3CCc4ccccc4C3)cc2)CC1. The Morgan fingerprint density at radius 1 is 0.912 bits per heavy atom. The maximum absolute atomic E-state index is 13.1. The Morgan fingerprint density at radius 2 is 1.59 bits per heavy atom. The molecule has 1 amide bonds. The number of hydrogen-bond donors (Lipinski definition) is 0. The van der Waals surface area contributed by atoms with E-state index >= 15 is 0 Å². The van der Waals surface area contributed by atoms with E-state index in [1.807, 2.05) is 24.3 Å². The van der Waals surface area contributed by atoms with Gasteiger partial charge in [0.15, 0.2) is 5.76 Å². The summed E-state index contributed by atoms with van der Waals surface area (Å²) >= 11 is 0. The monoisotopic (exact) mass is 480 g/mol. The number of carbonyl (C=O) groups excluding carboxylic acids is 1. The number of piperazine rings is 1. The third-order valence-electron chi connectivity index (χ3n) is 6.70. The van der Waals surface area contributed by atoms with Crippen LogP contribution in [0.4, 0.5) is 5.69 Å². The molecule has 34 heavy (non-hydrogen) atoms. The second-order valence-electron chi connectivity index (χ2n) is 8.84. The molecule has 0 radical (unpaired) electrons. The van der Waals surface area contributed by atoms with Crippen molar-refractivity contribution in [1.82, 2.24) is 14.4 Å². The van der Waals surface area contributed by atoms with Gasteiger partial charge >= 0.3 is 0 Å². The normalized spacial score (nSPS) is 17.0. The smallest absolute Gasteiger partial charge is 0.253 e. The van der Waals surface area contributed by atoms with Crippen molar-refractivity contribution in [1.29, 1.82) is 0 Å². The Labute approximate surface area is 199 Å². The number of carbonyl (C=O) groups is 1. The van der Waals surface area contributed by atoms with E-state index in [-0.39, 0.29) is 29.7 Å². The molecule has 9 heteroatoms. The van der Waals surface area contributed by atoms with Crippen LogP contribution >= 0.6 is 0 Å². The van der Waals surface area contributed by atoms with E-state index in [1.54, 1.807) is 18.7 Å². The van der Waals surface area contributed by atoms with Gasteiger partial charge in [0, 0.05) is 50.5 Å². The maximum atomic E-state index is 13.1. The number of aryl methyl sites for hydroxylation is 2. The van der Waals surface area contributed by atoms with Crippen LogP contribution in [0, 0.1) is 13.8 Å². The summed E-state index contributed by atoms with van der Waals surface area (Å²) in [5.41, 5.74) is 4.82. The van der Waals surface area contributed by atoms with Crippen LogP contribution < -0.4 is 4.90 Å². The van der Waals surface area contributed by atoms with Crippen molar-refractivity contribution < 1.29 is 17.7 Å². The van der Waals surface area contributed by atoms with Gasteiger partial charge in [0.2, 0.25) is 10.0 Å². The molecule has 0 spiro atoms. The Hall–Kier alpha value is -3.17. The molecule has 1 saturated heterocycles. The summed E-state index contributed by atoms with van der Waals surface area (Å²) in [7, 11) is -3.70. The largest absolute Gasteiger partial charge is 0.367 e. The maximum Gasteiger partial charge on any atom is 0.253 e. The Kier molecular flexibility index (Phi) is 5.91. The second kappa shape index (κ2) is 8.88. The van der Waals surface area contributed by atoms with Gasteiger partial charge in [-0.05, 0) is 55.7 Å². The van der Waals surface area contributed by atoms with E-state index in [0.29, 0.717) is 24.3 Å². The fourth-order valence-corrected chi connectivity index (χ4v) is 6.53. The molecule has 2 aliphatic rings. The molecule has 1 aromatic heterocycles. The zero-order valence-electron chi connectivity index (χ0n) is 19.4. The van der Waals surface area contributed by atoms with Crippen molar-refractivity contribution in [3.05, 3.63) is 76.7 Å². The van der Waals surface area contributed by atoms with E-state index in [2.05, 4.69) is 34.3 Å². The molecule has 2 aromatic carbocycles. The van der Waals surface area contributed by atoms with E-state index in [4.69, 9.17) is 4.52 Å². The number of fused-ring (bicyclic) bond motifs is 1. The summed E-state index contributed by atoms with van der Waals surface area (Å²) in [5, 5.41) is 3.76. The molecule has 0 atom stereocenters. The summed E-state index contributed by atoms with van der Waals surface area (Å²) in [6.45, 7) is 6.19. The van der Waals surface area contributed by atoms with Gasteiger partial charge in [-0.1, -0.05) is 29.4 Å². The van der Waals surface area contributed by atoms with Crippen LogP contribution in [0.1, 0.15) is 32.9 Å². The molecule has 0 unspecified atom stereocenters. The van der Waals surface area contributed by atoms with Crippen LogP contribution in [0.3, 0.4) is 0 Å². The minimum Gasteiger partial charge on any atom is -0.367 e. The third kappa shape index (κ3) is 4.10. The topological polar surface area (TPSA) is 87.0 Å². The summed E-state index contributed by atoms with van der Waals surface area (Å²) in [6.07, 6.45) is 1.01. The van der Waals surface area contributed by atoms with Gasteiger partial charge in [-0.3, -0.25) is 4.79 Å². The van der Waals surface area contributed by atoms with E-state index in [0.717, 1.165) is 25.2 Å². The molecular weight excluding hydrogens is 452 g/mol. The summed E-state index contributed by atoms with van der Waals surface area (Å²) in [4.78, 5) is 17.2. The summed E-state index contributed by atoms with van der Waals surface area (Å²) in [6, 6.07) is 16.2. The molecule has 0 aliphatic carbocycles. The van der Waals surface area contributed by atoms with Crippen molar-refractivity contribution in [2.75, 3.05) is 37.6 Å². The van der Waals surface area contributed by atoms with E-state index in [9.17, 15) is 13.2 Å². The Balaban J connectivity index is 1.22. The number of benzene rings is 2. The molecule has 3 heterocycles. The fraction of sp³-hybridized carbons (Fsp3) is 0.360. The highest BCUT2D eigenvalue weighted by atomic mass is 32.2. The molecule has 178 valence electrons. The molecule has 0 N–H and O–H groups in total. The highest BCUT2D eigenvalue weighted by molar-refractivity contribution is 7.89. The number of amides is 1. The quantitative estimate of drug-likeness (QED) is 0.571. The van der Waals surface area contributed by atoms with Gasteiger partial charge in [0.05, 0.1) is 0 Å². The average molecular weight is 481 g/mol. The van der Waals surface area contributed by atoms with Gasteiger partial charge in [-0.2, -0.15) is 4.31 Å². The fourth-order valence-electron chi connectivity index (χ4n) is 4.82. The minimum absolute atomic E-state index is 0.0788. The van der Waals surface area contributed by atoms with Crippen LogP contribution in [0.25, 0.3) is 0 Å². The molecule has 5 rings (SSSR count). The molecule has 3 aromatic rings. The molecule has 8 nitrogen and oxygen atoms in total. The van der Waals surface area contributed by atoms with Gasteiger partial charge in [0.25, 0.3) is 5.91 Å². The lowest BCUT2D eigenvalue weighted by Gasteiger charge is -2.34.